The van der Waals surface area contributed by atoms with E-state index in [4.69, 9.17) is 4.74 Å². The Morgan fingerprint density at radius 2 is 1.96 bits per heavy atom. The number of aliphatic hydroxyl groups is 1. The van der Waals surface area contributed by atoms with Crippen molar-refractivity contribution < 1.29 is 19.4 Å². The molecule has 27 heavy (non-hydrogen) atoms. The molecule has 0 fully saturated rings. The van der Waals surface area contributed by atoms with Gasteiger partial charge in [0.05, 0.1) is 23.1 Å². The van der Waals surface area contributed by atoms with Crippen LogP contribution in [-0.2, 0) is 9.53 Å². The maximum absolute atomic E-state index is 13.0. The molecule has 1 aromatic carbocycles. The van der Waals surface area contributed by atoms with Gasteiger partial charge >= 0.3 is 0 Å². The highest BCUT2D eigenvalue weighted by molar-refractivity contribution is 7.12. The molecular weight excluding hydrogens is 362 g/mol. The van der Waals surface area contributed by atoms with Crippen LogP contribution in [0.5, 0.6) is 0 Å². The van der Waals surface area contributed by atoms with E-state index in [1.165, 1.54) is 21.8 Å². The monoisotopic (exact) mass is 385 g/mol. The second kappa shape index (κ2) is 8.06. The third-order valence-corrected chi connectivity index (χ3v) is 5.62. The number of Topliss-reactive ketones (excluding diaryl/α,β-unsaturated/α-hetero) is 1. The quantitative estimate of drug-likeness (QED) is 0.729. The average molecular weight is 385 g/mol. The molecule has 0 bridgehead atoms. The zero-order valence-corrected chi connectivity index (χ0v) is 16.5. The van der Waals surface area contributed by atoms with Crippen LogP contribution in [0.4, 0.5) is 0 Å². The highest BCUT2D eigenvalue weighted by atomic mass is 32.1. The molecule has 0 saturated heterocycles. The molecule has 2 heterocycles. The summed E-state index contributed by atoms with van der Waals surface area (Å²) in [4.78, 5) is 27.7. The number of carbonyl (C=O) groups excluding carboxylic acids is 2. The summed E-state index contributed by atoms with van der Waals surface area (Å²) < 4.78 is 5.11. The number of rotatable bonds is 7. The minimum Gasteiger partial charge on any atom is -0.503 e. The van der Waals surface area contributed by atoms with Crippen molar-refractivity contribution in [3.8, 4) is 0 Å². The van der Waals surface area contributed by atoms with Gasteiger partial charge in [0.15, 0.2) is 5.76 Å². The Morgan fingerprint density at radius 1 is 1.26 bits per heavy atom. The largest absolute Gasteiger partial charge is 0.503 e. The van der Waals surface area contributed by atoms with Crippen LogP contribution in [-0.4, -0.2) is 42.0 Å². The molecule has 1 aliphatic rings. The summed E-state index contributed by atoms with van der Waals surface area (Å²) in [6.07, 6.45) is 0. The van der Waals surface area contributed by atoms with Gasteiger partial charge in [0.1, 0.15) is 0 Å². The van der Waals surface area contributed by atoms with Crippen LogP contribution in [0, 0.1) is 0 Å². The second-order valence-electron chi connectivity index (χ2n) is 6.78. The first kappa shape index (κ1) is 19.3. The number of methoxy groups -OCH3 is 1. The first-order valence-electron chi connectivity index (χ1n) is 8.86. The molecular formula is C21H23NO4S. The molecule has 0 saturated carbocycles. The lowest BCUT2D eigenvalue weighted by Crippen LogP contribution is -2.34. The first-order chi connectivity index (χ1) is 13.0. The lowest BCUT2D eigenvalue weighted by Gasteiger charge is -2.26. The lowest BCUT2D eigenvalue weighted by molar-refractivity contribution is -0.130. The van der Waals surface area contributed by atoms with E-state index in [0.29, 0.717) is 17.4 Å². The van der Waals surface area contributed by atoms with Crippen molar-refractivity contribution in [1.82, 2.24) is 4.90 Å². The third-order valence-electron chi connectivity index (χ3n) is 4.75. The van der Waals surface area contributed by atoms with Gasteiger partial charge in [-0.3, -0.25) is 9.59 Å². The van der Waals surface area contributed by atoms with Crippen LogP contribution in [0.1, 0.15) is 46.6 Å². The number of hydrogen-bond acceptors (Lipinski definition) is 5. The van der Waals surface area contributed by atoms with E-state index in [1.54, 1.807) is 24.6 Å². The molecule has 1 atom stereocenters. The van der Waals surface area contributed by atoms with Crippen molar-refractivity contribution in [3.63, 3.8) is 0 Å². The number of carbonyl (C=O) groups is 2. The summed E-state index contributed by atoms with van der Waals surface area (Å²) in [6.45, 7) is 4.82. The maximum Gasteiger partial charge on any atom is 0.290 e. The molecule has 3 rings (SSSR count). The predicted molar refractivity (Wildman–Crippen MR) is 105 cm³/mol. The number of benzene rings is 1. The number of amides is 1. The standard InChI is InChI=1S/C21H23NO4S/c1-13(2)14-6-8-15(9-7-14)18-17(19(23)16-5-4-12-27-16)20(24)21(25)22(18)10-11-26-3/h4-9,12-13,18,24H,10-11H2,1-3H3/t18-/m0/s1. The van der Waals surface area contributed by atoms with Crippen LogP contribution in [0.15, 0.2) is 53.1 Å². The highest BCUT2D eigenvalue weighted by Gasteiger charge is 2.43. The Kier molecular flexibility index (Phi) is 5.77. The van der Waals surface area contributed by atoms with Gasteiger partial charge in [-0.2, -0.15) is 0 Å². The fourth-order valence-corrected chi connectivity index (χ4v) is 3.93. The molecule has 6 heteroatoms. The Hall–Kier alpha value is -2.44. The molecule has 0 spiro atoms. The van der Waals surface area contributed by atoms with Crippen molar-refractivity contribution in [2.24, 2.45) is 0 Å². The summed E-state index contributed by atoms with van der Waals surface area (Å²) in [5.74, 6) is -0.939. The topological polar surface area (TPSA) is 66.8 Å². The van der Waals surface area contributed by atoms with Crippen LogP contribution in [0.2, 0.25) is 0 Å². The fraction of sp³-hybridized carbons (Fsp3) is 0.333. The molecule has 1 N–H and O–H groups in total. The van der Waals surface area contributed by atoms with E-state index < -0.39 is 17.7 Å². The van der Waals surface area contributed by atoms with Gasteiger partial charge in [-0.25, -0.2) is 0 Å². The van der Waals surface area contributed by atoms with Crippen LogP contribution in [0.25, 0.3) is 0 Å². The summed E-state index contributed by atoms with van der Waals surface area (Å²) >= 11 is 1.29. The van der Waals surface area contributed by atoms with Crippen molar-refractivity contribution in [2.75, 3.05) is 20.3 Å². The van der Waals surface area contributed by atoms with Crippen LogP contribution in [0.3, 0.4) is 0 Å². The predicted octanol–water partition coefficient (Wildman–Crippen LogP) is 4.10. The maximum atomic E-state index is 13.0. The normalized spacial score (nSPS) is 17.3. The number of nitrogens with zero attached hydrogens (tertiary/aromatic N) is 1. The molecule has 142 valence electrons. The molecule has 5 nitrogen and oxygen atoms in total. The number of aliphatic hydroxyl groups excluding tert-OH is 1. The van der Waals surface area contributed by atoms with E-state index in [1.807, 2.05) is 24.3 Å². The Morgan fingerprint density at radius 3 is 2.52 bits per heavy atom. The van der Waals surface area contributed by atoms with E-state index in [9.17, 15) is 14.7 Å². The van der Waals surface area contributed by atoms with E-state index >= 15 is 0 Å². The van der Waals surface area contributed by atoms with Gasteiger partial charge in [-0.15, -0.1) is 11.3 Å². The van der Waals surface area contributed by atoms with Crippen molar-refractivity contribution in [3.05, 3.63) is 69.1 Å². The smallest absolute Gasteiger partial charge is 0.290 e. The van der Waals surface area contributed by atoms with Crippen LogP contribution < -0.4 is 0 Å². The summed E-state index contributed by atoms with van der Waals surface area (Å²) in [5, 5.41) is 12.3. The highest BCUT2D eigenvalue weighted by Crippen LogP contribution is 2.39. The zero-order valence-electron chi connectivity index (χ0n) is 15.6. The van der Waals surface area contributed by atoms with Gasteiger partial charge in [0.25, 0.3) is 5.91 Å². The zero-order chi connectivity index (χ0) is 19.6. The average Bonchev–Trinajstić information content (AvgIpc) is 3.28. The first-order valence-corrected chi connectivity index (χ1v) is 9.74. The van der Waals surface area contributed by atoms with E-state index in [-0.39, 0.29) is 17.9 Å². The minimum atomic E-state index is -0.622. The molecule has 2 aromatic rings. The van der Waals surface area contributed by atoms with Gasteiger partial charge < -0.3 is 14.7 Å². The summed E-state index contributed by atoms with van der Waals surface area (Å²) in [6, 6.07) is 10.7. The Bertz CT molecular complexity index is 853. The number of hydrogen-bond donors (Lipinski definition) is 1. The van der Waals surface area contributed by atoms with Crippen molar-refractivity contribution in [1.29, 1.82) is 0 Å². The SMILES string of the molecule is COCCN1C(=O)C(O)=C(C(=O)c2cccs2)[C@@H]1c1ccc(C(C)C)cc1. The second-order valence-corrected chi connectivity index (χ2v) is 7.73. The number of thiophene rings is 1. The van der Waals surface area contributed by atoms with E-state index in [0.717, 1.165) is 5.56 Å². The molecule has 0 aliphatic carbocycles. The van der Waals surface area contributed by atoms with Gasteiger partial charge in [0, 0.05) is 13.7 Å². The molecule has 1 aliphatic heterocycles. The molecule has 1 amide bonds. The molecule has 1 aromatic heterocycles. The van der Waals surface area contributed by atoms with Gasteiger partial charge in [-0.1, -0.05) is 44.2 Å². The number of ether oxygens (including phenoxy) is 1. The van der Waals surface area contributed by atoms with Gasteiger partial charge in [-0.05, 0) is 28.5 Å². The van der Waals surface area contributed by atoms with E-state index in [2.05, 4.69) is 13.8 Å². The number of ketones is 1. The molecule has 0 radical (unpaired) electrons. The Labute approximate surface area is 162 Å². The van der Waals surface area contributed by atoms with Crippen molar-refractivity contribution >= 4 is 23.0 Å². The summed E-state index contributed by atoms with van der Waals surface area (Å²) in [7, 11) is 1.55. The minimum absolute atomic E-state index is 0.135. The lowest BCUT2D eigenvalue weighted by atomic mass is 9.93. The van der Waals surface area contributed by atoms with Crippen molar-refractivity contribution in [2.45, 2.75) is 25.8 Å². The van der Waals surface area contributed by atoms with Gasteiger partial charge in [0.2, 0.25) is 5.78 Å². The molecule has 0 unspecified atom stereocenters. The third kappa shape index (κ3) is 3.68. The van der Waals surface area contributed by atoms with Crippen LogP contribution >= 0.6 is 11.3 Å². The fourth-order valence-electron chi connectivity index (χ4n) is 3.26. The Balaban J connectivity index is 2.05. The summed E-state index contributed by atoms with van der Waals surface area (Å²) in [5.41, 5.74) is 2.11.